The number of amides is 1. The summed E-state index contributed by atoms with van der Waals surface area (Å²) in [7, 11) is 0. The van der Waals surface area contributed by atoms with Crippen molar-refractivity contribution < 1.29 is 9.53 Å². The number of pyridine rings is 1. The molecule has 1 aromatic heterocycles. The summed E-state index contributed by atoms with van der Waals surface area (Å²) in [6.45, 7) is 1.91. The number of carbonyl (C=O) groups is 1. The van der Waals surface area contributed by atoms with Crippen LogP contribution in [0.3, 0.4) is 0 Å². The van der Waals surface area contributed by atoms with Crippen molar-refractivity contribution in [2.75, 3.05) is 17.2 Å². The van der Waals surface area contributed by atoms with Gasteiger partial charge in [0.25, 0.3) is 5.91 Å². The normalized spacial score (nSPS) is 9.93. The molecule has 0 saturated heterocycles. The molecule has 2 N–H and O–H groups in total. The molecule has 0 saturated carbocycles. The van der Waals surface area contributed by atoms with E-state index in [0.717, 1.165) is 11.3 Å². The molecular formula is C21H18N4O2. The van der Waals surface area contributed by atoms with Gasteiger partial charge in [0.15, 0.2) is 6.61 Å². The maximum atomic E-state index is 12.0. The van der Waals surface area contributed by atoms with E-state index in [1.54, 1.807) is 42.6 Å². The van der Waals surface area contributed by atoms with Crippen molar-refractivity contribution in [3.63, 3.8) is 0 Å². The van der Waals surface area contributed by atoms with Gasteiger partial charge in [0.2, 0.25) is 0 Å². The molecule has 1 heterocycles. The Kier molecular flexibility index (Phi) is 5.65. The molecule has 0 aliphatic rings. The van der Waals surface area contributed by atoms with Crippen molar-refractivity contribution >= 4 is 23.1 Å². The van der Waals surface area contributed by atoms with E-state index in [-0.39, 0.29) is 12.5 Å². The van der Waals surface area contributed by atoms with Crippen LogP contribution in [0.15, 0.2) is 66.9 Å². The summed E-state index contributed by atoms with van der Waals surface area (Å²) in [5.74, 6) is 1.02. The zero-order valence-corrected chi connectivity index (χ0v) is 14.8. The average molecular weight is 358 g/mol. The molecule has 0 radical (unpaired) electrons. The number of carbonyl (C=O) groups excluding carboxylic acids is 1. The van der Waals surface area contributed by atoms with Gasteiger partial charge in [0.1, 0.15) is 11.6 Å². The maximum absolute atomic E-state index is 12.0. The minimum absolute atomic E-state index is 0.0751. The van der Waals surface area contributed by atoms with Crippen molar-refractivity contribution in [3.05, 3.63) is 78.0 Å². The van der Waals surface area contributed by atoms with Gasteiger partial charge >= 0.3 is 0 Å². The lowest BCUT2D eigenvalue weighted by Gasteiger charge is -2.09. The third-order valence-electron chi connectivity index (χ3n) is 3.72. The molecule has 0 atom stereocenters. The number of nitrogens with zero attached hydrogens (tertiary/aromatic N) is 2. The number of hydrogen-bond acceptors (Lipinski definition) is 5. The summed E-state index contributed by atoms with van der Waals surface area (Å²) >= 11 is 0. The molecule has 0 fully saturated rings. The SMILES string of the molecule is Cc1ccc(OCC(=O)Nc2ccc(Nc3ccc(C#N)cc3)nc2)cc1. The highest BCUT2D eigenvalue weighted by atomic mass is 16.5. The van der Waals surface area contributed by atoms with E-state index in [1.165, 1.54) is 0 Å². The van der Waals surface area contributed by atoms with Crippen LogP contribution in [0.25, 0.3) is 0 Å². The van der Waals surface area contributed by atoms with E-state index in [1.807, 2.05) is 31.2 Å². The van der Waals surface area contributed by atoms with E-state index >= 15 is 0 Å². The quantitative estimate of drug-likeness (QED) is 0.695. The molecule has 0 aliphatic carbocycles. The van der Waals surface area contributed by atoms with Gasteiger partial charge < -0.3 is 15.4 Å². The minimum atomic E-state index is -0.259. The maximum Gasteiger partial charge on any atom is 0.262 e. The van der Waals surface area contributed by atoms with Crippen LogP contribution in [0, 0.1) is 18.3 Å². The number of ether oxygens (including phenoxy) is 1. The van der Waals surface area contributed by atoms with Crippen LogP contribution >= 0.6 is 0 Å². The van der Waals surface area contributed by atoms with Gasteiger partial charge in [-0.25, -0.2) is 4.98 Å². The molecule has 0 aliphatic heterocycles. The summed E-state index contributed by atoms with van der Waals surface area (Å²) in [6.07, 6.45) is 1.57. The Morgan fingerprint density at radius 2 is 1.74 bits per heavy atom. The van der Waals surface area contributed by atoms with Gasteiger partial charge in [0, 0.05) is 5.69 Å². The molecule has 0 bridgehead atoms. The van der Waals surface area contributed by atoms with Crippen molar-refractivity contribution in [1.29, 1.82) is 5.26 Å². The lowest BCUT2D eigenvalue weighted by Crippen LogP contribution is -2.20. The Bertz CT molecular complexity index is 943. The number of nitriles is 1. The predicted molar refractivity (Wildman–Crippen MR) is 104 cm³/mol. The molecule has 0 unspecified atom stereocenters. The Morgan fingerprint density at radius 3 is 2.37 bits per heavy atom. The molecule has 6 nitrogen and oxygen atoms in total. The van der Waals surface area contributed by atoms with Crippen molar-refractivity contribution in [1.82, 2.24) is 4.98 Å². The summed E-state index contributed by atoms with van der Waals surface area (Å²) in [6, 6.07) is 20.2. The van der Waals surface area contributed by atoms with Crippen molar-refractivity contribution in [2.24, 2.45) is 0 Å². The largest absolute Gasteiger partial charge is 0.484 e. The standard InChI is InChI=1S/C21H18N4O2/c1-15-2-9-19(10-3-15)27-14-21(26)25-18-8-11-20(23-13-18)24-17-6-4-16(12-22)5-7-17/h2-11,13H,14H2,1H3,(H,23,24)(H,25,26). The predicted octanol–water partition coefficient (Wildman–Crippen LogP) is 4.02. The number of benzene rings is 2. The third-order valence-corrected chi connectivity index (χ3v) is 3.72. The fourth-order valence-corrected chi connectivity index (χ4v) is 2.30. The van der Waals surface area contributed by atoms with Gasteiger partial charge in [-0.1, -0.05) is 17.7 Å². The number of rotatable bonds is 6. The number of aromatic nitrogens is 1. The summed E-state index contributed by atoms with van der Waals surface area (Å²) in [5.41, 5.74) is 3.13. The minimum Gasteiger partial charge on any atom is -0.484 e. The summed E-state index contributed by atoms with van der Waals surface area (Å²) < 4.78 is 5.45. The lowest BCUT2D eigenvalue weighted by molar-refractivity contribution is -0.118. The Balaban J connectivity index is 1.51. The molecule has 2 aromatic carbocycles. The first-order valence-electron chi connectivity index (χ1n) is 8.35. The molecule has 3 aromatic rings. The second-order valence-corrected chi connectivity index (χ2v) is 5.90. The number of hydrogen-bond donors (Lipinski definition) is 2. The Morgan fingerprint density at radius 1 is 1.04 bits per heavy atom. The van der Waals surface area contributed by atoms with E-state index in [2.05, 4.69) is 21.7 Å². The molecule has 134 valence electrons. The van der Waals surface area contributed by atoms with Gasteiger partial charge in [-0.3, -0.25) is 4.79 Å². The zero-order chi connectivity index (χ0) is 19.1. The van der Waals surface area contributed by atoms with Gasteiger partial charge in [-0.05, 0) is 55.5 Å². The molecule has 3 rings (SSSR count). The number of nitrogens with one attached hydrogen (secondary N) is 2. The van der Waals surface area contributed by atoms with Gasteiger partial charge in [0.05, 0.1) is 23.5 Å². The first-order chi connectivity index (χ1) is 13.1. The van der Waals surface area contributed by atoms with Crippen molar-refractivity contribution in [2.45, 2.75) is 6.92 Å². The lowest BCUT2D eigenvalue weighted by atomic mass is 10.2. The highest BCUT2D eigenvalue weighted by Crippen LogP contribution is 2.17. The first-order valence-corrected chi connectivity index (χ1v) is 8.35. The summed E-state index contributed by atoms with van der Waals surface area (Å²) in [4.78, 5) is 16.2. The van der Waals surface area contributed by atoms with Crippen LogP contribution in [0.4, 0.5) is 17.2 Å². The van der Waals surface area contributed by atoms with Crippen molar-refractivity contribution in [3.8, 4) is 11.8 Å². The highest BCUT2D eigenvalue weighted by molar-refractivity contribution is 5.91. The first kappa shape index (κ1) is 18.0. The van der Waals surface area contributed by atoms with Crippen LogP contribution < -0.4 is 15.4 Å². The van der Waals surface area contributed by atoms with E-state index < -0.39 is 0 Å². The molecule has 27 heavy (non-hydrogen) atoms. The highest BCUT2D eigenvalue weighted by Gasteiger charge is 2.05. The van der Waals surface area contributed by atoms with Crippen LogP contribution in [-0.2, 0) is 4.79 Å². The Hall–Kier alpha value is -3.85. The van der Waals surface area contributed by atoms with Crippen LogP contribution in [-0.4, -0.2) is 17.5 Å². The van der Waals surface area contributed by atoms with Crippen LogP contribution in [0.2, 0.25) is 0 Å². The van der Waals surface area contributed by atoms with Gasteiger partial charge in [-0.2, -0.15) is 5.26 Å². The second kappa shape index (κ2) is 8.50. The molecular weight excluding hydrogens is 340 g/mol. The third kappa shape index (κ3) is 5.31. The van der Waals surface area contributed by atoms with Crippen LogP contribution in [0.1, 0.15) is 11.1 Å². The second-order valence-electron chi connectivity index (χ2n) is 5.90. The van der Waals surface area contributed by atoms with E-state index in [4.69, 9.17) is 10.00 Å². The zero-order valence-electron chi connectivity index (χ0n) is 14.8. The summed E-state index contributed by atoms with van der Waals surface area (Å²) in [5, 5.41) is 14.7. The fourth-order valence-electron chi connectivity index (χ4n) is 2.30. The fraction of sp³-hybridized carbons (Fsp3) is 0.0952. The van der Waals surface area contributed by atoms with Gasteiger partial charge in [-0.15, -0.1) is 0 Å². The number of aryl methyl sites for hydroxylation is 1. The monoisotopic (exact) mass is 358 g/mol. The molecule has 1 amide bonds. The van der Waals surface area contributed by atoms with E-state index in [9.17, 15) is 4.79 Å². The van der Waals surface area contributed by atoms with Crippen LogP contribution in [0.5, 0.6) is 5.75 Å². The molecule has 6 heteroatoms. The topological polar surface area (TPSA) is 87.0 Å². The smallest absolute Gasteiger partial charge is 0.262 e. The number of anilines is 3. The van der Waals surface area contributed by atoms with E-state index in [0.29, 0.717) is 22.8 Å². The Labute approximate surface area is 157 Å². The molecule has 0 spiro atoms. The average Bonchev–Trinajstić information content (AvgIpc) is 2.70.